The highest BCUT2D eigenvalue weighted by Crippen LogP contribution is 2.29. The van der Waals surface area contributed by atoms with E-state index in [0.717, 1.165) is 37.1 Å². The summed E-state index contributed by atoms with van der Waals surface area (Å²) in [5.74, 6) is -0.471. The van der Waals surface area contributed by atoms with Crippen molar-refractivity contribution in [3.05, 3.63) is 36.9 Å². The molecule has 2 unspecified atom stereocenters. The van der Waals surface area contributed by atoms with Gasteiger partial charge >= 0.3 is 6.36 Å². The zero-order chi connectivity index (χ0) is 18.8. The molecule has 11 heteroatoms. The molecule has 142 valence electrons. The summed E-state index contributed by atoms with van der Waals surface area (Å²) < 4.78 is 69.7. The summed E-state index contributed by atoms with van der Waals surface area (Å²) in [4.78, 5) is -0.113. The first-order chi connectivity index (χ1) is 12.2. The third kappa shape index (κ3) is 4.73. The third-order valence-electron chi connectivity index (χ3n) is 4.19. The van der Waals surface area contributed by atoms with E-state index in [9.17, 15) is 21.6 Å². The second kappa shape index (κ2) is 7.23. The molecule has 1 fully saturated rings. The van der Waals surface area contributed by atoms with Crippen molar-refractivity contribution in [3.63, 3.8) is 0 Å². The molecule has 1 aromatic carbocycles. The van der Waals surface area contributed by atoms with Gasteiger partial charge in [0.2, 0.25) is 10.0 Å². The molecule has 0 bridgehead atoms. The van der Waals surface area contributed by atoms with E-state index in [1.165, 1.54) is 0 Å². The van der Waals surface area contributed by atoms with Crippen molar-refractivity contribution in [1.82, 2.24) is 19.5 Å². The van der Waals surface area contributed by atoms with Gasteiger partial charge in [0.25, 0.3) is 0 Å². The zero-order valence-electron chi connectivity index (χ0n) is 13.6. The van der Waals surface area contributed by atoms with Gasteiger partial charge in [-0.25, -0.2) is 13.1 Å². The standard InChI is InChI=1S/C15H17F3N4O3S/c16-15(17,18)25-13-4-6-14(7-5-13)26(23,24)21-11-2-1-3-12(8-11)22-9-19-20-10-22/h4-7,9-12,21H,1-3,8H2. The maximum Gasteiger partial charge on any atom is 0.573 e. The highest BCUT2D eigenvalue weighted by Gasteiger charge is 2.31. The Balaban J connectivity index is 1.66. The average molecular weight is 390 g/mol. The van der Waals surface area contributed by atoms with Crippen LogP contribution in [0.15, 0.2) is 41.8 Å². The Morgan fingerprint density at radius 1 is 1.12 bits per heavy atom. The van der Waals surface area contributed by atoms with E-state index in [-0.39, 0.29) is 17.0 Å². The van der Waals surface area contributed by atoms with Gasteiger partial charge < -0.3 is 9.30 Å². The molecule has 1 heterocycles. The van der Waals surface area contributed by atoms with Gasteiger partial charge in [-0.1, -0.05) is 0 Å². The minimum absolute atomic E-state index is 0.106. The van der Waals surface area contributed by atoms with Crippen molar-refractivity contribution in [2.24, 2.45) is 0 Å². The van der Waals surface area contributed by atoms with E-state index in [0.29, 0.717) is 12.8 Å². The van der Waals surface area contributed by atoms with Crippen LogP contribution in [0.3, 0.4) is 0 Å². The molecule has 26 heavy (non-hydrogen) atoms. The number of benzene rings is 1. The number of alkyl halides is 3. The molecule has 2 atom stereocenters. The van der Waals surface area contributed by atoms with Gasteiger partial charge in [0.1, 0.15) is 18.4 Å². The minimum Gasteiger partial charge on any atom is -0.406 e. The van der Waals surface area contributed by atoms with Crippen molar-refractivity contribution in [2.75, 3.05) is 0 Å². The number of rotatable bonds is 5. The Kier molecular flexibility index (Phi) is 5.19. The summed E-state index contributed by atoms with van der Waals surface area (Å²) in [5.41, 5.74) is 0. The van der Waals surface area contributed by atoms with Gasteiger partial charge in [0, 0.05) is 12.1 Å². The number of nitrogens with zero attached hydrogens (tertiary/aromatic N) is 3. The Hall–Kier alpha value is -2.14. The number of hydrogen-bond donors (Lipinski definition) is 1. The summed E-state index contributed by atoms with van der Waals surface area (Å²) >= 11 is 0. The first kappa shape index (κ1) is 18.6. The normalized spacial score (nSPS) is 21.5. The number of aromatic nitrogens is 3. The highest BCUT2D eigenvalue weighted by molar-refractivity contribution is 7.89. The second-order valence-corrected chi connectivity index (χ2v) is 7.78. The van der Waals surface area contributed by atoms with Gasteiger partial charge in [-0.3, -0.25) is 0 Å². The van der Waals surface area contributed by atoms with Crippen LogP contribution in [0.2, 0.25) is 0 Å². The molecule has 1 N–H and O–H groups in total. The lowest BCUT2D eigenvalue weighted by atomic mass is 9.91. The summed E-state index contributed by atoms with van der Waals surface area (Å²) in [5, 5.41) is 7.52. The van der Waals surface area contributed by atoms with Gasteiger partial charge in [-0.05, 0) is 49.9 Å². The zero-order valence-corrected chi connectivity index (χ0v) is 14.4. The van der Waals surface area contributed by atoms with Crippen LogP contribution >= 0.6 is 0 Å². The fourth-order valence-electron chi connectivity index (χ4n) is 3.05. The molecule has 1 aliphatic carbocycles. The predicted molar refractivity (Wildman–Crippen MR) is 84.8 cm³/mol. The van der Waals surface area contributed by atoms with E-state index in [2.05, 4.69) is 19.7 Å². The monoisotopic (exact) mass is 390 g/mol. The number of nitrogens with one attached hydrogen (secondary N) is 1. The highest BCUT2D eigenvalue weighted by atomic mass is 32.2. The van der Waals surface area contributed by atoms with Crippen molar-refractivity contribution in [1.29, 1.82) is 0 Å². The van der Waals surface area contributed by atoms with Gasteiger partial charge in [-0.2, -0.15) is 0 Å². The summed E-state index contributed by atoms with van der Waals surface area (Å²) in [6.45, 7) is 0. The van der Waals surface area contributed by atoms with Gasteiger partial charge in [0.05, 0.1) is 4.90 Å². The van der Waals surface area contributed by atoms with Crippen molar-refractivity contribution < 1.29 is 26.3 Å². The first-order valence-electron chi connectivity index (χ1n) is 7.95. The molecule has 7 nitrogen and oxygen atoms in total. The van der Waals surface area contributed by atoms with Crippen LogP contribution in [0.1, 0.15) is 31.7 Å². The molecule has 1 saturated carbocycles. The summed E-state index contributed by atoms with van der Waals surface area (Å²) in [7, 11) is -3.84. The number of ether oxygens (including phenoxy) is 1. The van der Waals surface area contributed by atoms with Crippen molar-refractivity contribution >= 4 is 10.0 Å². The van der Waals surface area contributed by atoms with Gasteiger partial charge in [-0.15, -0.1) is 23.4 Å². The molecule has 0 saturated heterocycles. The largest absolute Gasteiger partial charge is 0.573 e. The van der Waals surface area contributed by atoms with Gasteiger partial charge in [0.15, 0.2) is 0 Å². The molecular formula is C15H17F3N4O3S. The smallest absolute Gasteiger partial charge is 0.406 e. The number of sulfonamides is 1. The Morgan fingerprint density at radius 3 is 2.38 bits per heavy atom. The maximum atomic E-state index is 12.5. The Morgan fingerprint density at radius 2 is 1.77 bits per heavy atom. The summed E-state index contributed by atoms with van der Waals surface area (Å²) in [6, 6.07) is 3.96. The van der Waals surface area contributed by atoms with E-state index >= 15 is 0 Å². The fourth-order valence-corrected chi connectivity index (χ4v) is 4.33. The third-order valence-corrected chi connectivity index (χ3v) is 5.73. The second-order valence-electron chi connectivity index (χ2n) is 6.07. The van der Waals surface area contributed by atoms with Crippen LogP contribution < -0.4 is 9.46 Å². The molecule has 0 radical (unpaired) electrons. The van der Waals surface area contributed by atoms with E-state index < -0.39 is 22.1 Å². The molecule has 0 aliphatic heterocycles. The van der Waals surface area contributed by atoms with Crippen molar-refractivity contribution in [3.8, 4) is 5.75 Å². The van der Waals surface area contributed by atoms with E-state index in [1.54, 1.807) is 12.7 Å². The number of hydrogen-bond acceptors (Lipinski definition) is 5. The Bertz CT molecular complexity index is 823. The van der Waals surface area contributed by atoms with Crippen LogP contribution in [0.4, 0.5) is 13.2 Å². The molecule has 2 aromatic rings. The van der Waals surface area contributed by atoms with Crippen LogP contribution in [0.5, 0.6) is 5.75 Å². The quantitative estimate of drug-likeness (QED) is 0.848. The lowest BCUT2D eigenvalue weighted by Crippen LogP contribution is -2.38. The van der Waals surface area contributed by atoms with E-state index in [1.807, 2.05) is 4.57 Å². The van der Waals surface area contributed by atoms with E-state index in [4.69, 9.17) is 0 Å². The SMILES string of the molecule is O=S(=O)(NC1CCCC(n2cnnc2)C1)c1ccc(OC(F)(F)F)cc1. The molecular weight excluding hydrogens is 373 g/mol. The maximum absolute atomic E-state index is 12.5. The molecule has 1 aromatic heterocycles. The molecule has 0 amide bonds. The minimum atomic E-state index is -4.82. The summed E-state index contributed by atoms with van der Waals surface area (Å²) in [6.07, 6.45) is 1.40. The topological polar surface area (TPSA) is 86.1 Å². The number of halogens is 3. The lowest BCUT2D eigenvalue weighted by Gasteiger charge is -2.30. The van der Waals surface area contributed by atoms with Crippen molar-refractivity contribution in [2.45, 2.75) is 49.0 Å². The van der Waals surface area contributed by atoms with Crippen LogP contribution in [0, 0.1) is 0 Å². The molecule has 3 rings (SSSR count). The lowest BCUT2D eigenvalue weighted by molar-refractivity contribution is -0.274. The Labute approximate surface area is 148 Å². The molecule has 1 aliphatic rings. The van der Waals surface area contributed by atoms with Crippen LogP contribution in [0.25, 0.3) is 0 Å². The van der Waals surface area contributed by atoms with Crippen LogP contribution in [-0.4, -0.2) is 35.6 Å². The predicted octanol–water partition coefficient (Wildman–Crippen LogP) is 2.64. The average Bonchev–Trinajstić information content (AvgIpc) is 3.08. The first-order valence-corrected chi connectivity index (χ1v) is 9.43. The fraction of sp³-hybridized carbons (Fsp3) is 0.467. The molecule has 0 spiro atoms. The van der Waals surface area contributed by atoms with Crippen LogP contribution in [-0.2, 0) is 10.0 Å².